The number of ether oxygens (including phenoxy) is 1. The van der Waals surface area contributed by atoms with Crippen LogP contribution in [0.15, 0.2) is 29.6 Å². The Morgan fingerprint density at radius 3 is 2.50 bits per heavy atom. The first kappa shape index (κ1) is 14.8. The van der Waals surface area contributed by atoms with Gasteiger partial charge in [-0.25, -0.2) is 14.8 Å². The van der Waals surface area contributed by atoms with Crippen molar-refractivity contribution in [3.8, 4) is 5.75 Å². The van der Waals surface area contributed by atoms with Crippen LogP contribution < -0.4 is 4.74 Å². The van der Waals surface area contributed by atoms with E-state index >= 15 is 0 Å². The summed E-state index contributed by atoms with van der Waals surface area (Å²) in [7, 11) is 0. The van der Waals surface area contributed by atoms with Gasteiger partial charge in [0.05, 0.1) is 11.2 Å². The molecule has 2 rings (SSSR count). The number of hydrogen-bond donors (Lipinski definition) is 0. The van der Waals surface area contributed by atoms with Gasteiger partial charge in [0.2, 0.25) is 0 Å². The van der Waals surface area contributed by atoms with Gasteiger partial charge in [0, 0.05) is 0 Å². The van der Waals surface area contributed by atoms with Crippen LogP contribution in [0.2, 0.25) is 5.02 Å². The Bertz CT molecular complexity index is 641. The van der Waals surface area contributed by atoms with Crippen molar-refractivity contribution in [1.82, 2.24) is 9.97 Å². The van der Waals surface area contributed by atoms with Crippen molar-refractivity contribution >= 4 is 29.3 Å². The molecule has 4 nitrogen and oxygen atoms in total. The van der Waals surface area contributed by atoms with Gasteiger partial charge in [-0.1, -0.05) is 29.4 Å². The van der Waals surface area contributed by atoms with Gasteiger partial charge in [-0.2, -0.15) is 0 Å². The van der Waals surface area contributed by atoms with Gasteiger partial charge in [-0.05, 0) is 43.4 Å². The average Bonchev–Trinajstić information content (AvgIpc) is 2.37. The molecule has 2 aromatic rings. The normalized spacial score (nSPS) is 10.4. The quantitative estimate of drug-likeness (QED) is 0.374. The number of carbonyl (C=O) groups excluding carboxylic acids is 1. The van der Waals surface area contributed by atoms with Crippen LogP contribution in [0, 0.1) is 13.8 Å². The van der Waals surface area contributed by atoms with Gasteiger partial charge in [0.15, 0.2) is 10.9 Å². The number of rotatable bonds is 3. The number of aryl methyl sites for hydroxylation is 2. The fourth-order valence-corrected chi connectivity index (χ4v) is 2.25. The monoisotopic (exact) mass is 308 g/mol. The van der Waals surface area contributed by atoms with E-state index in [1.165, 1.54) is 18.0 Å². The van der Waals surface area contributed by atoms with E-state index in [1.54, 1.807) is 12.1 Å². The van der Waals surface area contributed by atoms with Crippen LogP contribution in [-0.2, 0) is 0 Å². The molecule has 1 aromatic carbocycles. The third kappa shape index (κ3) is 3.49. The molecule has 0 spiro atoms. The third-order valence-corrected chi connectivity index (χ3v) is 3.34. The van der Waals surface area contributed by atoms with E-state index in [0.29, 0.717) is 10.9 Å². The molecule has 0 saturated heterocycles. The zero-order chi connectivity index (χ0) is 14.7. The lowest BCUT2D eigenvalue weighted by Crippen LogP contribution is -2.12. The molecule has 6 heteroatoms. The highest BCUT2D eigenvalue weighted by Gasteiger charge is 2.16. The lowest BCUT2D eigenvalue weighted by atomic mass is 10.1. The largest absolute Gasteiger partial charge is 0.422 e. The molecule has 0 bridgehead atoms. The minimum atomic E-state index is -0.585. The Balaban J connectivity index is 2.27. The third-order valence-electron chi connectivity index (χ3n) is 2.50. The standard InChI is InChI=1S/C14H13ClN2O2S/c1-8-4-9(2)6-10(5-8)19-13(18)12-11(15)7-16-14(17-12)20-3/h4-7H,1-3H3. The Kier molecular flexibility index (Phi) is 4.62. The predicted molar refractivity (Wildman–Crippen MR) is 79.7 cm³/mol. The molecule has 0 N–H and O–H groups in total. The van der Waals surface area contributed by atoms with Gasteiger partial charge in [-0.15, -0.1) is 0 Å². The van der Waals surface area contributed by atoms with Crippen LogP contribution in [0.5, 0.6) is 5.75 Å². The first-order valence-corrected chi connectivity index (χ1v) is 7.47. The number of halogens is 1. The zero-order valence-electron chi connectivity index (χ0n) is 11.3. The van der Waals surface area contributed by atoms with Gasteiger partial charge < -0.3 is 4.74 Å². The second kappa shape index (κ2) is 6.24. The highest BCUT2D eigenvalue weighted by molar-refractivity contribution is 7.98. The Labute approximate surface area is 126 Å². The van der Waals surface area contributed by atoms with Gasteiger partial charge in [-0.3, -0.25) is 0 Å². The number of carbonyl (C=O) groups is 1. The van der Waals surface area contributed by atoms with Gasteiger partial charge in [0.1, 0.15) is 5.75 Å². The van der Waals surface area contributed by atoms with E-state index in [0.717, 1.165) is 11.1 Å². The molecule has 0 aliphatic heterocycles. The smallest absolute Gasteiger partial charge is 0.364 e. The van der Waals surface area contributed by atoms with Crippen molar-refractivity contribution in [1.29, 1.82) is 0 Å². The summed E-state index contributed by atoms with van der Waals surface area (Å²) in [6, 6.07) is 5.58. The summed E-state index contributed by atoms with van der Waals surface area (Å²) in [6.07, 6.45) is 3.22. The number of esters is 1. The van der Waals surface area contributed by atoms with E-state index in [1.807, 2.05) is 26.2 Å². The van der Waals surface area contributed by atoms with E-state index in [2.05, 4.69) is 9.97 Å². The molecule has 0 amide bonds. The molecule has 0 aliphatic carbocycles. The lowest BCUT2D eigenvalue weighted by molar-refractivity contribution is 0.0727. The van der Waals surface area contributed by atoms with Crippen LogP contribution in [0.25, 0.3) is 0 Å². The van der Waals surface area contributed by atoms with E-state index in [-0.39, 0.29) is 10.7 Å². The first-order chi connectivity index (χ1) is 9.49. The SMILES string of the molecule is CSc1ncc(Cl)c(C(=O)Oc2cc(C)cc(C)c2)n1. The molecular weight excluding hydrogens is 296 g/mol. The first-order valence-electron chi connectivity index (χ1n) is 5.86. The van der Waals surface area contributed by atoms with Crippen LogP contribution in [-0.4, -0.2) is 22.2 Å². The van der Waals surface area contributed by atoms with Crippen molar-refractivity contribution in [2.75, 3.05) is 6.26 Å². The molecule has 104 valence electrons. The van der Waals surface area contributed by atoms with Gasteiger partial charge in [0.25, 0.3) is 0 Å². The number of nitrogens with zero attached hydrogens (tertiary/aromatic N) is 2. The highest BCUT2D eigenvalue weighted by atomic mass is 35.5. The second-order valence-corrected chi connectivity index (χ2v) is 5.45. The van der Waals surface area contributed by atoms with Crippen LogP contribution in [0.4, 0.5) is 0 Å². The van der Waals surface area contributed by atoms with E-state index in [4.69, 9.17) is 16.3 Å². The second-order valence-electron chi connectivity index (χ2n) is 4.27. The average molecular weight is 309 g/mol. The van der Waals surface area contributed by atoms with Crippen molar-refractivity contribution in [2.45, 2.75) is 19.0 Å². The highest BCUT2D eigenvalue weighted by Crippen LogP contribution is 2.21. The summed E-state index contributed by atoms with van der Waals surface area (Å²) in [5.41, 5.74) is 2.11. The maximum atomic E-state index is 12.1. The summed E-state index contributed by atoms with van der Waals surface area (Å²) in [6.45, 7) is 3.88. The molecule has 0 unspecified atom stereocenters. The van der Waals surface area contributed by atoms with Crippen molar-refractivity contribution < 1.29 is 9.53 Å². The summed E-state index contributed by atoms with van der Waals surface area (Å²) >= 11 is 7.27. The number of thioether (sulfide) groups is 1. The fourth-order valence-electron chi connectivity index (χ4n) is 1.74. The minimum Gasteiger partial charge on any atom is -0.422 e. The Morgan fingerprint density at radius 2 is 1.90 bits per heavy atom. The maximum Gasteiger partial charge on any atom is 0.364 e. The molecular formula is C14H13ClN2O2S. The summed E-state index contributed by atoms with van der Waals surface area (Å²) in [5.74, 6) is -0.106. The minimum absolute atomic E-state index is 0.0742. The Morgan fingerprint density at radius 1 is 1.25 bits per heavy atom. The summed E-state index contributed by atoms with van der Waals surface area (Å²) in [5, 5.41) is 0.652. The molecule has 1 aromatic heterocycles. The Hall–Kier alpha value is -1.59. The molecule has 20 heavy (non-hydrogen) atoms. The molecule has 0 atom stereocenters. The van der Waals surface area contributed by atoms with E-state index < -0.39 is 5.97 Å². The number of benzene rings is 1. The van der Waals surface area contributed by atoms with Crippen molar-refractivity contribution in [3.63, 3.8) is 0 Å². The molecule has 0 saturated carbocycles. The lowest BCUT2D eigenvalue weighted by Gasteiger charge is -2.07. The molecule has 0 aliphatic rings. The fraction of sp³-hybridized carbons (Fsp3) is 0.214. The topological polar surface area (TPSA) is 52.1 Å². The molecule has 0 fully saturated rings. The molecule has 0 radical (unpaired) electrons. The summed E-state index contributed by atoms with van der Waals surface area (Å²) < 4.78 is 5.32. The van der Waals surface area contributed by atoms with Crippen molar-refractivity contribution in [2.24, 2.45) is 0 Å². The van der Waals surface area contributed by atoms with Crippen molar-refractivity contribution in [3.05, 3.63) is 46.2 Å². The number of aromatic nitrogens is 2. The van der Waals surface area contributed by atoms with Crippen LogP contribution >= 0.6 is 23.4 Å². The predicted octanol–water partition coefficient (Wildman–Crippen LogP) is 3.69. The maximum absolute atomic E-state index is 12.1. The summed E-state index contributed by atoms with van der Waals surface area (Å²) in [4.78, 5) is 20.2. The van der Waals surface area contributed by atoms with Gasteiger partial charge >= 0.3 is 5.97 Å². The van der Waals surface area contributed by atoms with Crippen LogP contribution in [0.3, 0.4) is 0 Å². The molecule has 1 heterocycles. The van der Waals surface area contributed by atoms with E-state index in [9.17, 15) is 4.79 Å². The zero-order valence-corrected chi connectivity index (χ0v) is 12.9. The number of hydrogen-bond acceptors (Lipinski definition) is 5. The van der Waals surface area contributed by atoms with Crippen LogP contribution in [0.1, 0.15) is 21.6 Å².